The van der Waals surface area contributed by atoms with E-state index in [-0.39, 0.29) is 18.3 Å². The standard InChI is InChI=1S/C17H18BrFO/c1-12-4-2-3-5-15(12)9-14(11-20)8-13-6-7-17(19)16(18)10-13/h2-7,10,14,20H,8-9,11H2,1H3. The SMILES string of the molecule is Cc1ccccc1CC(CO)Cc1ccc(F)c(Br)c1. The molecule has 20 heavy (non-hydrogen) atoms. The molecule has 1 N–H and O–H groups in total. The molecule has 0 spiro atoms. The summed E-state index contributed by atoms with van der Waals surface area (Å²) >= 11 is 3.20. The molecule has 0 aliphatic rings. The van der Waals surface area contributed by atoms with Crippen molar-refractivity contribution in [1.82, 2.24) is 0 Å². The number of halogens is 2. The lowest BCUT2D eigenvalue weighted by Gasteiger charge is -2.16. The molecule has 2 rings (SSSR count). The molecule has 0 bridgehead atoms. The Morgan fingerprint density at radius 3 is 2.55 bits per heavy atom. The van der Waals surface area contributed by atoms with Gasteiger partial charge in [0.25, 0.3) is 0 Å². The monoisotopic (exact) mass is 336 g/mol. The summed E-state index contributed by atoms with van der Waals surface area (Å²) in [4.78, 5) is 0. The van der Waals surface area contributed by atoms with Gasteiger partial charge in [-0.05, 0) is 70.4 Å². The van der Waals surface area contributed by atoms with Crippen LogP contribution in [-0.4, -0.2) is 11.7 Å². The lowest BCUT2D eigenvalue weighted by atomic mass is 9.91. The maximum Gasteiger partial charge on any atom is 0.137 e. The molecule has 0 saturated heterocycles. The predicted molar refractivity (Wildman–Crippen MR) is 83.3 cm³/mol. The predicted octanol–water partition coefficient (Wildman–Crippen LogP) is 4.29. The molecule has 3 heteroatoms. The highest BCUT2D eigenvalue weighted by Crippen LogP contribution is 2.21. The van der Waals surface area contributed by atoms with E-state index in [1.54, 1.807) is 12.1 Å². The molecule has 106 valence electrons. The van der Waals surface area contributed by atoms with Gasteiger partial charge in [-0.15, -0.1) is 0 Å². The van der Waals surface area contributed by atoms with Crippen molar-refractivity contribution < 1.29 is 9.50 Å². The van der Waals surface area contributed by atoms with E-state index in [9.17, 15) is 9.50 Å². The fourth-order valence-corrected chi connectivity index (χ4v) is 2.78. The minimum atomic E-state index is -0.256. The van der Waals surface area contributed by atoms with Crippen molar-refractivity contribution in [1.29, 1.82) is 0 Å². The Balaban J connectivity index is 2.09. The van der Waals surface area contributed by atoms with Crippen LogP contribution in [0, 0.1) is 18.7 Å². The Labute approximate surface area is 127 Å². The summed E-state index contributed by atoms with van der Waals surface area (Å²) in [7, 11) is 0. The van der Waals surface area contributed by atoms with E-state index in [4.69, 9.17) is 0 Å². The van der Waals surface area contributed by atoms with Crippen molar-refractivity contribution >= 4 is 15.9 Å². The molecule has 1 nitrogen and oxygen atoms in total. The smallest absolute Gasteiger partial charge is 0.137 e. The number of hydrogen-bond donors (Lipinski definition) is 1. The third kappa shape index (κ3) is 3.90. The second-order valence-corrected chi connectivity index (χ2v) is 5.99. The van der Waals surface area contributed by atoms with Gasteiger partial charge < -0.3 is 5.11 Å². The highest BCUT2D eigenvalue weighted by atomic mass is 79.9. The van der Waals surface area contributed by atoms with E-state index in [1.165, 1.54) is 17.2 Å². The van der Waals surface area contributed by atoms with Crippen molar-refractivity contribution in [2.75, 3.05) is 6.61 Å². The minimum absolute atomic E-state index is 0.128. The van der Waals surface area contributed by atoms with Gasteiger partial charge in [-0.2, -0.15) is 0 Å². The first-order chi connectivity index (χ1) is 9.60. The normalized spacial score (nSPS) is 12.4. The van der Waals surface area contributed by atoms with Crippen LogP contribution in [-0.2, 0) is 12.8 Å². The molecule has 0 aromatic heterocycles. The number of aryl methyl sites for hydroxylation is 1. The van der Waals surface area contributed by atoms with E-state index in [0.29, 0.717) is 4.47 Å². The van der Waals surface area contributed by atoms with E-state index in [0.717, 1.165) is 18.4 Å². The average Bonchev–Trinajstić information content (AvgIpc) is 2.44. The molecule has 0 heterocycles. The first-order valence-electron chi connectivity index (χ1n) is 6.69. The van der Waals surface area contributed by atoms with Crippen LogP contribution in [0.25, 0.3) is 0 Å². The topological polar surface area (TPSA) is 20.2 Å². The van der Waals surface area contributed by atoms with E-state index < -0.39 is 0 Å². The largest absolute Gasteiger partial charge is 0.396 e. The van der Waals surface area contributed by atoms with Gasteiger partial charge in [0.05, 0.1) is 4.47 Å². The molecular formula is C17H18BrFO. The summed E-state index contributed by atoms with van der Waals surface area (Å²) in [5.41, 5.74) is 3.53. The van der Waals surface area contributed by atoms with Crippen molar-refractivity contribution in [3.05, 3.63) is 69.4 Å². The molecule has 0 amide bonds. The van der Waals surface area contributed by atoms with Crippen LogP contribution in [0.4, 0.5) is 4.39 Å². The van der Waals surface area contributed by atoms with Gasteiger partial charge in [0, 0.05) is 6.61 Å². The molecule has 0 saturated carbocycles. The van der Waals surface area contributed by atoms with Crippen LogP contribution in [0.1, 0.15) is 16.7 Å². The molecule has 1 unspecified atom stereocenters. The number of aliphatic hydroxyl groups is 1. The average molecular weight is 337 g/mol. The summed E-state index contributed by atoms with van der Waals surface area (Å²) in [6.07, 6.45) is 1.57. The van der Waals surface area contributed by atoms with Crippen LogP contribution in [0.5, 0.6) is 0 Å². The van der Waals surface area contributed by atoms with E-state index in [2.05, 4.69) is 35.0 Å². The van der Waals surface area contributed by atoms with Crippen LogP contribution >= 0.6 is 15.9 Å². The number of aliphatic hydroxyl groups excluding tert-OH is 1. The van der Waals surface area contributed by atoms with Crippen molar-refractivity contribution in [3.8, 4) is 0 Å². The Hall–Kier alpha value is -1.19. The minimum Gasteiger partial charge on any atom is -0.396 e. The van der Waals surface area contributed by atoms with Gasteiger partial charge in [0.1, 0.15) is 5.82 Å². The zero-order valence-electron chi connectivity index (χ0n) is 11.4. The maximum absolute atomic E-state index is 13.2. The Bertz CT molecular complexity index is 583. The zero-order chi connectivity index (χ0) is 14.5. The number of rotatable bonds is 5. The number of benzene rings is 2. The third-order valence-corrected chi connectivity index (χ3v) is 4.14. The van der Waals surface area contributed by atoms with Gasteiger partial charge in [-0.25, -0.2) is 4.39 Å². The van der Waals surface area contributed by atoms with Gasteiger partial charge in [-0.3, -0.25) is 0 Å². The van der Waals surface area contributed by atoms with Crippen LogP contribution in [0.2, 0.25) is 0 Å². The first-order valence-corrected chi connectivity index (χ1v) is 7.48. The molecule has 0 aliphatic heterocycles. The first kappa shape index (κ1) is 15.2. The Morgan fingerprint density at radius 1 is 1.15 bits per heavy atom. The van der Waals surface area contributed by atoms with Crippen LogP contribution < -0.4 is 0 Å². The second kappa shape index (κ2) is 7.00. The fourth-order valence-electron chi connectivity index (χ4n) is 2.35. The molecule has 1 atom stereocenters. The zero-order valence-corrected chi connectivity index (χ0v) is 13.0. The summed E-state index contributed by atoms with van der Waals surface area (Å²) < 4.78 is 13.7. The lowest BCUT2D eigenvalue weighted by Crippen LogP contribution is -2.13. The molecule has 0 aliphatic carbocycles. The lowest BCUT2D eigenvalue weighted by molar-refractivity contribution is 0.225. The van der Waals surface area contributed by atoms with Crippen LogP contribution in [0.15, 0.2) is 46.9 Å². The van der Waals surface area contributed by atoms with Gasteiger partial charge in [-0.1, -0.05) is 30.3 Å². The third-order valence-electron chi connectivity index (χ3n) is 3.54. The van der Waals surface area contributed by atoms with Gasteiger partial charge in [0.2, 0.25) is 0 Å². The Morgan fingerprint density at radius 2 is 1.90 bits per heavy atom. The highest BCUT2D eigenvalue weighted by Gasteiger charge is 2.12. The summed E-state index contributed by atoms with van der Waals surface area (Å²) in [6.45, 7) is 2.21. The van der Waals surface area contributed by atoms with Gasteiger partial charge in [0.15, 0.2) is 0 Å². The van der Waals surface area contributed by atoms with E-state index >= 15 is 0 Å². The highest BCUT2D eigenvalue weighted by molar-refractivity contribution is 9.10. The number of hydrogen-bond acceptors (Lipinski definition) is 1. The molecule has 0 fully saturated rings. The van der Waals surface area contributed by atoms with E-state index in [1.807, 2.05) is 12.1 Å². The quantitative estimate of drug-likeness (QED) is 0.863. The molecule has 2 aromatic rings. The molecule has 0 radical (unpaired) electrons. The van der Waals surface area contributed by atoms with Crippen LogP contribution in [0.3, 0.4) is 0 Å². The summed E-state index contributed by atoms with van der Waals surface area (Å²) in [5.74, 6) is -0.110. The fraction of sp³-hybridized carbons (Fsp3) is 0.294. The molecular weight excluding hydrogens is 319 g/mol. The van der Waals surface area contributed by atoms with Crippen molar-refractivity contribution in [3.63, 3.8) is 0 Å². The summed E-state index contributed by atoms with van der Waals surface area (Å²) in [6, 6.07) is 13.2. The van der Waals surface area contributed by atoms with Crippen molar-refractivity contribution in [2.45, 2.75) is 19.8 Å². The maximum atomic E-state index is 13.2. The summed E-state index contributed by atoms with van der Waals surface area (Å²) in [5, 5.41) is 9.58. The van der Waals surface area contributed by atoms with Gasteiger partial charge >= 0.3 is 0 Å². The molecule has 2 aromatic carbocycles. The van der Waals surface area contributed by atoms with Crippen molar-refractivity contribution in [2.24, 2.45) is 5.92 Å². The Kier molecular flexibility index (Phi) is 5.32. The second-order valence-electron chi connectivity index (χ2n) is 5.13.